The van der Waals surface area contributed by atoms with Crippen molar-refractivity contribution in [3.63, 3.8) is 0 Å². The molecule has 10 heteroatoms. The lowest BCUT2D eigenvalue weighted by Crippen LogP contribution is -2.41. The van der Waals surface area contributed by atoms with Crippen LogP contribution in [0.1, 0.15) is 26.3 Å². The Morgan fingerprint density at radius 2 is 1.74 bits per heavy atom. The van der Waals surface area contributed by atoms with Gasteiger partial charge in [-0.25, -0.2) is 8.42 Å². The first kappa shape index (κ1) is 23.7. The number of benzene rings is 3. The van der Waals surface area contributed by atoms with E-state index in [0.717, 1.165) is 0 Å². The van der Waals surface area contributed by atoms with E-state index in [9.17, 15) is 18.0 Å². The number of nitrogens with zero attached hydrogens (tertiary/aromatic N) is 1. The number of halogens is 1. The molecule has 1 aliphatic heterocycles. The summed E-state index contributed by atoms with van der Waals surface area (Å²) in [7, 11) is -3.55. The predicted molar refractivity (Wildman–Crippen MR) is 132 cm³/mol. The number of sulfonamides is 1. The van der Waals surface area contributed by atoms with Crippen LogP contribution in [0.3, 0.4) is 0 Å². The van der Waals surface area contributed by atoms with Crippen LogP contribution in [0.2, 0.25) is 5.02 Å². The third kappa shape index (κ3) is 5.22. The monoisotopic (exact) mass is 499 g/mol. The van der Waals surface area contributed by atoms with Crippen molar-refractivity contribution in [3.05, 3.63) is 88.4 Å². The zero-order valence-corrected chi connectivity index (χ0v) is 19.8. The van der Waals surface area contributed by atoms with Crippen LogP contribution in [0.15, 0.2) is 66.7 Å². The van der Waals surface area contributed by atoms with E-state index in [1.54, 1.807) is 67.6 Å². The van der Waals surface area contributed by atoms with Crippen molar-refractivity contribution in [2.45, 2.75) is 6.92 Å². The van der Waals surface area contributed by atoms with Gasteiger partial charge in [-0.2, -0.15) is 0 Å². The Labute approximate surface area is 202 Å². The van der Waals surface area contributed by atoms with E-state index in [0.29, 0.717) is 45.4 Å². The van der Waals surface area contributed by atoms with Gasteiger partial charge in [0, 0.05) is 16.8 Å². The van der Waals surface area contributed by atoms with Gasteiger partial charge in [-0.1, -0.05) is 29.8 Å². The zero-order valence-electron chi connectivity index (χ0n) is 18.2. The van der Waals surface area contributed by atoms with Crippen molar-refractivity contribution < 1.29 is 22.7 Å². The van der Waals surface area contributed by atoms with Crippen molar-refractivity contribution >= 4 is 50.5 Å². The van der Waals surface area contributed by atoms with Crippen LogP contribution in [-0.2, 0) is 14.8 Å². The molecular formula is C24H22ClN3O5S. The largest absolute Gasteiger partial charge is 0.362 e. The number of ether oxygens (including phenoxy) is 1. The minimum Gasteiger partial charge on any atom is -0.362 e. The number of aryl methyl sites for hydroxylation is 1. The van der Waals surface area contributed by atoms with E-state index in [1.165, 1.54) is 4.31 Å². The molecule has 0 spiro atoms. The number of hydrogen-bond donors (Lipinski definition) is 2. The predicted octanol–water partition coefficient (Wildman–Crippen LogP) is 4.28. The highest BCUT2D eigenvalue weighted by Crippen LogP contribution is 2.28. The minimum atomic E-state index is -3.55. The Bertz CT molecular complexity index is 1350. The molecule has 1 aliphatic rings. The number of rotatable bonds is 5. The Kier molecular flexibility index (Phi) is 6.87. The van der Waals surface area contributed by atoms with Crippen LogP contribution in [-0.4, -0.2) is 39.3 Å². The summed E-state index contributed by atoms with van der Waals surface area (Å²) in [6, 6.07) is 18.3. The summed E-state index contributed by atoms with van der Waals surface area (Å²) in [5.41, 5.74) is 2.76. The van der Waals surface area contributed by atoms with Crippen LogP contribution in [0.4, 0.5) is 17.1 Å². The quantitative estimate of drug-likeness (QED) is 0.545. The van der Waals surface area contributed by atoms with Crippen LogP contribution in [0, 0.1) is 6.92 Å². The maximum absolute atomic E-state index is 12.9. The summed E-state index contributed by atoms with van der Waals surface area (Å²) in [4.78, 5) is 25.4. The number of carbonyl (C=O) groups is 2. The second kappa shape index (κ2) is 9.84. The molecule has 176 valence electrons. The molecule has 2 amide bonds. The van der Waals surface area contributed by atoms with Gasteiger partial charge in [-0.15, -0.1) is 0 Å². The fourth-order valence-corrected chi connectivity index (χ4v) is 4.95. The molecule has 34 heavy (non-hydrogen) atoms. The normalized spacial score (nSPS) is 14.9. The average molecular weight is 500 g/mol. The third-order valence-corrected chi connectivity index (χ3v) is 7.12. The van der Waals surface area contributed by atoms with Gasteiger partial charge in [0.15, 0.2) is 5.94 Å². The highest BCUT2D eigenvalue weighted by atomic mass is 35.5. The Morgan fingerprint density at radius 3 is 2.44 bits per heavy atom. The first-order chi connectivity index (χ1) is 16.2. The first-order valence-electron chi connectivity index (χ1n) is 10.4. The highest BCUT2D eigenvalue weighted by Gasteiger charge is 2.27. The molecule has 0 saturated carbocycles. The molecule has 1 fully saturated rings. The second-order valence-electron chi connectivity index (χ2n) is 7.68. The van der Waals surface area contributed by atoms with Crippen LogP contribution in [0.25, 0.3) is 0 Å². The van der Waals surface area contributed by atoms with E-state index < -0.39 is 10.0 Å². The van der Waals surface area contributed by atoms with Crippen LogP contribution in [0.5, 0.6) is 0 Å². The molecule has 3 aromatic carbocycles. The van der Waals surface area contributed by atoms with Crippen molar-refractivity contribution in [1.29, 1.82) is 0 Å². The molecule has 0 aliphatic carbocycles. The smallest absolute Gasteiger partial charge is 0.259 e. The molecule has 4 rings (SSSR count). The lowest BCUT2D eigenvalue weighted by molar-refractivity contribution is 0.101. The van der Waals surface area contributed by atoms with E-state index in [1.807, 2.05) is 6.07 Å². The number of nitrogens with one attached hydrogen (secondary N) is 2. The molecule has 3 aromatic rings. The second-order valence-corrected chi connectivity index (χ2v) is 9.93. The summed E-state index contributed by atoms with van der Waals surface area (Å²) in [6.07, 6.45) is 0. The van der Waals surface area contributed by atoms with E-state index >= 15 is 0 Å². The molecule has 1 saturated heterocycles. The number of amides is 2. The topological polar surface area (TPSA) is 105 Å². The van der Waals surface area contributed by atoms with Gasteiger partial charge in [-0.3, -0.25) is 13.9 Å². The number of hydrogen-bond acceptors (Lipinski definition) is 5. The molecule has 0 atom stereocenters. The fraction of sp³-hybridized carbons (Fsp3) is 0.167. The van der Waals surface area contributed by atoms with Gasteiger partial charge >= 0.3 is 0 Å². The summed E-state index contributed by atoms with van der Waals surface area (Å²) in [6.45, 7) is 2.26. The van der Waals surface area contributed by atoms with E-state index in [2.05, 4.69) is 10.6 Å². The van der Waals surface area contributed by atoms with Crippen LogP contribution < -0.4 is 14.9 Å². The van der Waals surface area contributed by atoms with Gasteiger partial charge in [0.2, 0.25) is 0 Å². The minimum absolute atomic E-state index is 0.218. The molecule has 2 N–H and O–H groups in total. The molecule has 0 radical (unpaired) electrons. The fourth-order valence-electron chi connectivity index (χ4n) is 3.54. The average Bonchev–Trinajstić information content (AvgIpc) is 2.81. The van der Waals surface area contributed by atoms with Crippen molar-refractivity contribution in [2.75, 3.05) is 34.0 Å². The van der Waals surface area contributed by atoms with Crippen molar-refractivity contribution in [2.24, 2.45) is 0 Å². The zero-order chi connectivity index (χ0) is 24.3. The SMILES string of the molecule is Cc1cc(N2CCOCS2(=O)=O)ccc1C(=O)Nc1ccc(Cl)c(NC(=O)c2ccccc2)c1. The Hall–Kier alpha value is -3.40. The third-order valence-electron chi connectivity index (χ3n) is 5.26. The number of anilines is 3. The van der Waals surface area contributed by atoms with Crippen LogP contribution >= 0.6 is 11.6 Å². The lowest BCUT2D eigenvalue weighted by Gasteiger charge is -2.28. The molecular weight excluding hydrogens is 478 g/mol. The summed E-state index contributed by atoms with van der Waals surface area (Å²) >= 11 is 6.23. The Balaban J connectivity index is 1.50. The number of carbonyl (C=O) groups excluding carboxylic acids is 2. The Morgan fingerprint density at radius 1 is 0.971 bits per heavy atom. The molecule has 0 unspecified atom stereocenters. The highest BCUT2D eigenvalue weighted by molar-refractivity contribution is 7.92. The summed E-state index contributed by atoms with van der Waals surface area (Å²) in [5, 5.41) is 5.87. The summed E-state index contributed by atoms with van der Waals surface area (Å²) in [5.74, 6) is -1.07. The van der Waals surface area contributed by atoms with Crippen molar-refractivity contribution in [3.8, 4) is 0 Å². The van der Waals surface area contributed by atoms with Gasteiger partial charge < -0.3 is 15.4 Å². The van der Waals surface area contributed by atoms with E-state index in [-0.39, 0.29) is 24.3 Å². The molecule has 1 heterocycles. The van der Waals surface area contributed by atoms with E-state index in [4.69, 9.17) is 16.3 Å². The van der Waals surface area contributed by atoms with Gasteiger partial charge in [-0.05, 0) is 61.0 Å². The molecule has 0 bridgehead atoms. The maximum Gasteiger partial charge on any atom is 0.259 e. The van der Waals surface area contributed by atoms with Gasteiger partial charge in [0.05, 0.1) is 29.5 Å². The summed E-state index contributed by atoms with van der Waals surface area (Å²) < 4.78 is 30.8. The lowest BCUT2D eigenvalue weighted by atomic mass is 10.1. The van der Waals surface area contributed by atoms with Gasteiger partial charge in [0.25, 0.3) is 21.8 Å². The first-order valence-corrected chi connectivity index (χ1v) is 12.4. The van der Waals surface area contributed by atoms with Gasteiger partial charge in [0.1, 0.15) is 0 Å². The van der Waals surface area contributed by atoms with Crippen molar-refractivity contribution in [1.82, 2.24) is 0 Å². The standard InChI is InChI=1S/C24H22ClN3O5S/c1-16-13-19(28-11-12-33-15-34(28,31)32)8-9-20(16)24(30)26-18-7-10-21(25)22(14-18)27-23(29)17-5-3-2-4-6-17/h2-10,13-14H,11-12,15H2,1H3,(H,26,30)(H,27,29). The molecule has 8 nitrogen and oxygen atoms in total. The molecule has 0 aromatic heterocycles. The maximum atomic E-state index is 12.9.